The van der Waals surface area contributed by atoms with Gasteiger partial charge in [0.25, 0.3) is 0 Å². The zero-order valence-electron chi connectivity index (χ0n) is 12.6. The van der Waals surface area contributed by atoms with Crippen LogP contribution in [0.25, 0.3) is 10.9 Å². The zero-order valence-corrected chi connectivity index (χ0v) is 12.6. The van der Waals surface area contributed by atoms with Gasteiger partial charge in [0.2, 0.25) is 0 Å². The molecule has 4 nitrogen and oxygen atoms in total. The number of nitrogens with zero attached hydrogens (tertiary/aromatic N) is 1. The number of benzene rings is 2. The molecule has 0 radical (unpaired) electrons. The van der Waals surface area contributed by atoms with Crippen LogP contribution in [0, 0.1) is 30.1 Å². The first-order valence-electron chi connectivity index (χ1n) is 7.21. The van der Waals surface area contributed by atoms with Crippen molar-refractivity contribution in [3.05, 3.63) is 59.3 Å². The largest absolute Gasteiger partial charge is 0.506 e. The Morgan fingerprint density at radius 1 is 1.22 bits per heavy atom. The predicted octanol–water partition coefficient (Wildman–Crippen LogP) is 3.52. The van der Waals surface area contributed by atoms with Gasteiger partial charge in [-0.25, -0.2) is 0 Å². The number of fused-ring (bicyclic) bond motifs is 1. The van der Waals surface area contributed by atoms with Crippen LogP contribution in [0.5, 0.6) is 5.75 Å². The van der Waals surface area contributed by atoms with E-state index in [0.29, 0.717) is 17.8 Å². The number of nitriles is 1. The van der Waals surface area contributed by atoms with Crippen LogP contribution in [0.3, 0.4) is 0 Å². The Balaban J connectivity index is 1.70. The van der Waals surface area contributed by atoms with Gasteiger partial charge >= 0.3 is 0 Å². The Labute approximate surface area is 134 Å². The molecule has 112 valence electrons. The molecule has 3 rings (SSSR count). The van der Waals surface area contributed by atoms with Gasteiger partial charge in [-0.05, 0) is 48.7 Å². The van der Waals surface area contributed by atoms with Crippen LogP contribution in [0.2, 0.25) is 0 Å². The second-order valence-electron chi connectivity index (χ2n) is 5.22. The number of aromatic amines is 1. The molecule has 23 heavy (non-hydrogen) atoms. The lowest BCUT2D eigenvalue weighted by molar-refractivity contribution is 0.477. The fraction of sp³-hybridized carbons (Fsp3) is 0.105. The van der Waals surface area contributed by atoms with Gasteiger partial charge in [-0.2, -0.15) is 5.26 Å². The van der Waals surface area contributed by atoms with E-state index in [0.717, 1.165) is 11.2 Å². The van der Waals surface area contributed by atoms with Crippen LogP contribution < -0.4 is 5.32 Å². The zero-order chi connectivity index (χ0) is 16.2. The molecule has 0 amide bonds. The van der Waals surface area contributed by atoms with Gasteiger partial charge in [-0.3, -0.25) is 0 Å². The number of hydrogen-bond donors (Lipinski definition) is 3. The van der Waals surface area contributed by atoms with Crippen LogP contribution >= 0.6 is 0 Å². The van der Waals surface area contributed by atoms with Crippen LogP contribution in [0.4, 0.5) is 5.69 Å². The normalized spacial score (nSPS) is 9.91. The van der Waals surface area contributed by atoms with Crippen LogP contribution in [0.1, 0.15) is 16.8 Å². The van der Waals surface area contributed by atoms with E-state index in [9.17, 15) is 5.11 Å². The Morgan fingerprint density at radius 2 is 2.09 bits per heavy atom. The van der Waals surface area contributed by atoms with Gasteiger partial charge in [0.15, 0.2) is 0 Å². The Kier molecular flexibility index (Phi) is 3.91. The summed E-state index contributed by atoms with van der Waals surface area (Å²) >= 11 is 0. The molecule has 0 aliphatic rings. The minimum atomic E-state index is 0.0482. The summed E-state index contributed by atoms with van der Waals surface area (Å²) in [6.07, 6.45) is 0. The maximum atomic E-state index is 9.80. The van der Waals surface area contributed by atoms with E-state index in [1.807, 2.05) is 24.3 Å². The number of phenols is 1. The summed E-state index contributed by atoms with van der Waals surface area (Å²) in [5.41, 5.74) is 4.14. The monoisotopic (exact) mass is 301 g/mol. The van der Waals surface area contributed by atoms with Crippen molar-refractivity contribution in [2.24, 2.45) is 0 Å². The fourth-order valence-corrected chi connectivity index (χ4v) is 2.40. The van der Waals surface area contributed by atoms with E-state index in [2.05, 4.69) is 35.1 Å². The quantitative estimate of drug-likeness (QED) is 0.501. The lowest BCUT2D eigenvalue weighted by atomic mass is 10.1. The third kappa shape index (κ3) is 3.12. The van der Waals surface area contributed by atoms with E-state index in [1.54, 1.807) is 12.1 Å². The smallest absolute Gasteiger partial charge is 0.140 e. The van der Waals surface area contributed by atoms with E-state index < -0.39 is 0 Å². The van der Waals surface area contributed by atoms with E-state index in [4.69, 9.17) is 5.26 Å². The average molecular weight is 301 g/mol. The second kappa shape index (κ2) is 6.17. The Bertz CT molecular complexity index is 968. The molecule has 0 fully saturated rings. The molecular formula is C19H15N3O. The molecule has 4 heteroatoms. The molecule has 0 bridgehead atoms. The molecule has 0 aliphatic heterocycles. The molecule has 3 N–H and O–H groups in total. The molecule has 0 aliphatic carbocycles. The van der Waals surface area contributed by atoms with E-state index in [1.165, 1.54) is 17.0 Å². The number of nitrogens with one attached hydrogen (secondary N) is 2. The SMILES string of the molecule is Cc1cccc2[nH]c(C#CCNc3ccc(C#N)cc3O)cc12. The standard InChI is InChI=1S/C19H15N3O/c1-13-4-2-6-17-16(13)11-15(22-17)5-3-9-21-18-8-7-14(12-20)10-19(18)23/h2,4,6-8,10-11,21-23H,9H2,1H3. The first-order chi connectivity index (χ1) is 11.2. The number of aryl methyl sites for hydroxylation is 1. The van der Waals surface area contributed by atoms with Crippen molar-refractivity contribution in [1.82, 2.24) is 4.98 Å². The molecule has 0 spiro atoms. The molecule has 2 aromatic carbocycles. The highest BCUT2D eigenvalue weighted by Crippen LogP contribution is 2.23. The number of hydrogen-bond acceptors (Lipinski definition) is 3. The minimum Gasteiger partial charge on any atom is -0.506 e. The maximum absolute atomic E-state index is 9.80. The molecule has 3 aromatic rings. The summed E-state index contributed by atoms with van der Waals surface area (Å²) in [4.78, 5) is 3.27. The van der Waals surface area contributed by atoms with Crippen LogP contribution in [-0.4, -0.2) is 16.6 Å². The molecule has 1 heterocycles. The van der Waals surface area contributed by atoms with Crippen molar-refractivity contribution in [1.29, 1.82) is 5.26 Å². The number of anilines is 1. The topological polar surface area (TPSA) is 71.8 Å². The van der Waals surface area contributed by atoms with Crippen molar-refractivity contribution >= 4 is 16.6 Å². The summed E-state index contributed by atoms with van der Waals surface area (Å²) in [6, 6.07) is 14.9. The Morgan fingerprint density at radius 3 is 2.83 bits per heavy atom. The average Bonchev–Trinajstić information content (AvgIpc) is 2.97. The van der Waals surface area contributed by atoms with Crippen molar-refractivity contribution in [3.63, 3.8) is 0 Å². The first-order valence-corrected chi connectivity index (χ1v) is 7.21. The fourth-order valence-electron chi connectivity index (χ4n) is 2.40. The van der Waals surface area contributed by atoms with Gasteiger partial charge in [0.05, 0.1) is 29.6 Å². The molecule has 0 saturated heterocycles. The molecule has 0 atom stereocenters. The van der Waals surface area contributed by atoms with Crippen molar-refractivity contribution < 1.29 is 5.11 Å². The summed E-state index contributed by atoms with van der Waals surface area (Å²) in [6.45, 7) is 2.47. The highest BCUT2D eigenvalue weighted by molar-refractivity contribution is 5.84. The summed E-state index contributed by atoms with van der Waals surface area (Å²) in [5.74, 6) is 6.14. The van der Waals surface area contributed by atoms with Gasteiger partial charge in [0.1, 0.15) is 5.75 Å². The van der Waals surface area contributed by atoms with E-state index >= 15 is 0 Å². The van der Waals surface area contributed by atoms with E-state index in [-0.39, 0.29) is 5.75 Å². The van der Waals surface area contributed by atoms with Crippen molar-refractivity contribution in [2.45, 2.75) is 6.92 Å². The minimum absolute atomic E-state index is 0.0482. The van der Waals surface area contributed by atoms with Crippen LogP contribution in [0.15, 0.2) is 42.5 Å². The molecule has 1 aromatic heterocycles. The van der Waals surface area contributed by atoms with Crippen molar-refractivity contribution in [2.75, 3.05) is 11.9 Å². The maximum Gasteiger partial charge on any atom is 0.140 e. The second-order valence-corrected chi connectivity index (χ2v) is 5.22. The number of H-pyrrole nitrogens is 1. The highest BCUT2D eigenvalue weighted by Gasteiger charge is 2.01. The summed E-state index contributed by atoms with van der Waals surface area (Å²) in [5, 5.41) is 22.8. The number of aromatic nitrogens is 1. The lowest BCUT2D eigenvalue weighted by Gasteiger charge is -2.04. The van der Waals surface area contributed by atoms with Gasteiger partial charge in [-0.15, -0.1) is 0 Å². The van der Waals surface area contributed by atoms with Gasteiger partial charge in [-0.1, -0.05) is 18.1 Å². The third-order valence-corrected chi connectivity index (χ3v) is 3.60. The number of aromatic hydroxyl groups is 1. The molecular weight excluding hydrogens is 286 g/mol. The third-order valence-electron chi connectivity index (χ3n) is 3.60. The van der Waals surface area contributed by atoms with Gasteiger partial charge in [0, 0.05) is 10.9 Å². The summed E-state index contributed by atoms with van der Waals surface area (Å²) in [7, 11) is 0. The molecule has 0 saturated carbocycles. The molecule has 0 unspecified atom stereocenters. The highest BCUT2D eigenvalue weighted by atomic mass is 16.3. The van der Waals surface area contributed by atoms with Crippen molar-refractivity contribution in [3.8, 4) is 23.7 Å². The Hall–Kier alpha value is -3.37. The lowest BCUT2D eigenvalue weighted by Crippen LogP contribution is -1.99. The van der Waals surface area contributed by atoms with Gasteiger partial charge < -0.3 is 15.4 Å². The van der Waals surface area contributed by atoms with Crippen LogP contribution in [-0.2, 0) is 0 Å². The number of phenolic OH excluding ortho intramolecular Hbond substituents is 1. The summed E-state index contributed by atoms with van der Waals surface area (Å²) < 4.78 is 0. The first kappa shape index (κ1) is 14.6. The predicted molar refractivity (Wildman–Crippen MR) is 91.2 cm³/mol. The number of rotatable bonds is 2.